The van der Waals surface area contributed by atoms with Crippen LogP contribution < -0.4 is 19.7 Å². The first kappa shape index (κ1) is 31.2. The summed E-state index contributed by atoms with van der Waals surface area (Å²) < 4.78 is 131. The van der Waals surface area contributed by atoms with Gasteiger partial charge in [-0.1, -0.05) is 0 Å². The van der Waals surface area contributed by atoms with Crippen LogP contribution in [0.1, 0.15) is 26.7 Å². The molecule has 9 nitrogen and oxygen atoms in total. The molecular weight excluding hydrogens is 603 g/mol. The summed E-state index contributed by atoms with van der Waals surface area (Å²) in [6, 6.07) is 7.09. The molecule has 0 unspecified atom stereocenters. The van der Waals surface area contributed by atoms with Crippen molar-refractivity contribution in [3.8, 4) is 5.75 Å². The molecule has 1 aliphatic carbocycles. The number of sulfonamides is 1. The van der Waals surface area contributed by atoms with Crippen molar-refractivity contribution in [2.75, 3.05) is 22.7 Å². The van der Waals surface area contributed by atoms with Crippen molar-refractivity contribution in [2.45, 2.75) is 55.6 Å². The summed E-state index contributed by atoms with van der Waals surface area (Å²) in [4.78, 5) is 24.1. The van der Waals surface area contributed by atoms with Crippen LogP contribution in [0.2, 0.25) is 0 Å². The second kappa shape index (κ2) is 10.5. The van der Waals surface area contributed by atoms with Gasteiger partial charge >= 0.3 is 18.4 Å². The molecule has 17 heteroatoms. The maximum absolute atomic E-state index is 13.6. The molecule has 42 heavy (non-hydrogen) atoms. The lowest BCUT2D eigenvalue weighted by atomic mass is 10.1. The lowest BCUT2D eigenvalue weighted by Crippen LogP contribution is -2.50. The van der Waals surface area contributed by atoms with Gasteiger partial charge in [-0.25, -0.2) is 17.6 Å². The van der Waals surface area contributed by atoms with Gasteiger partial charge in [0.05, 0.1) is 23.7 Å². The zero-order chi connectivity index (χ0) is 31.3. The van der Waals surface area contributed by atoms with Gasteiger partial charge in [0.15, 0.2) is 0 Å². The number of nitrogens with one attached hydrogen (secondary N) is 2. The maximum Gasteiger partial charge on any atom is 0.427 e. The van der Waals surface area contributed by atoms with Crippen LogP contribution in [-0.4, -0.2) is 57.6 Å². The Balaban J connectivity index is 1.61. The van der Waals surface area contributed by atoms with Gasteiger partial charge in [-0.15, -0.1) is 0 Å². The van der Waals surface area contributed by atoms with Crippen LogP contribution in [-0.2, 0) is 19.6 Å². The van der Waals surface area contributed by atoms with Crippen molar-refractivity contribution in [2.24, 2.45) is 5.41 Å². The molecular formula is C25H24F7N3O6S. The Hall–Kier alpha value is -3.76. The number of rotatable bonds is 7. The van der Waals surface area contributed by atoms with E-state index < -0.39 is 70.4 Å². The number of carbonyl (C=O) groups is 2. The third kappa shape index (κ3) is 6.05. The van der Waals surface area contributed by atoms with Gasteiger partial charge in [0, 0.05) is 5.69 Å². The summed E-state index contributed by atoms with van der Waals surface area (Å²) in [5.41, 5.74) is -5.76. The second-order valence-electron chi connectivity index (χ2n) is 10.2. The molecule has 1 heterocycles. The van der Waals surface area contributed by atoms with E-state index in [0.29, 0.717) is 13.8 Å². The normalized spacial score (nSPS) is 18.4. The van der Waals surface area contributed by atoms with E-state index in [0.717, 1.165) is 40.7 Å². The molecule has 1 atom stereocenters. The predicted molar refractivity (Wildman–Crippen MR) is 133 cm³/mol. The summed E-state index contributed by atoms with van der Waals surface area (Å²) in [6.45, 7) is 0.206. The molecule has 2 amide bonds. The molecule has 1 fully saturated rings. The molecule has 4 rings (SSSR count). The van der Waals surface area contributed by atoms with Gasteiger partial charge in [-0.2, -0.15) is 26.3 Å². The number of hydrogen-bond acceptors (Lipinski definition) is 6. The van der Waals surface area contributed by atoms with Crippen molar-refractivity contribution in [3.63, 3.8) is 0 Å². The molecule has 2 aromatic rings. The summed E-state index contributed by atoms with van der Waals surface area (Å²) >= 11 is 0. The van der Waals surface area contributed by atoms with Gasteiger partial charge in [-0.3, -0.25) is 14.4 Å². The van der Waals surface area contributed by atoms with E-state index in [9.17, 15) is 48.7 Å². The Morgan fingerprint density at radius 3 is 2.21 bits per heavy atom. The fourth-order valence-electron chi connectivity index (χ4n) is 4.03. The van der Waals surface area contributed by atoms with Crippen LogP contribution >= 0.6 is 0 Å². The first-order valence-electron chi connectivity index (χ1n) is 12.3. The third-order valence-electron chi connectivity index (χ3n) is 6.79. The third-order valence-corrected chi connectivity index (χ3v) is 8.58. The second-order valence-corrected chi connectivity index (χ2v) is 12.1. The number of hydrogen-bond donors (Lipinski definition) is 2. The number of benzene rings is 2. The Morgan fingerprint density at radius 1 is 1.05 bits per heavy atom. The molecule has 0 spiro atoms. The van der Waals surface area contributed by atoms with Gasteiger partial charge in [-0.05, 0) is 69.2 Å². The van der Waals surface area contributed by atoms with Gasteiger partial charge in [0.2, 0.25) is 11.5 Å². The SMILES string of the molecule is CC(C)(OC(=O)Nc1ccc2c(c1)N(S(=O)(=O)c1ccc(F)cc1)C[C@H](CNC(=O)C1(C(F)(F)F)CC1)O2)C(F)(F)F. The molecule has 0 saturated heterocycles. The van der Waals surface area contributed by atoms with E-state index in [-0.39, 0.29) is 34.9 Å². The van der Waals surface area contributed by atoms with E-state index in [4.69, 9.17) is 4.74 Å². The van der Waals surface area contributed by atoms with Crippen LogP contribution in [0.4, 0.5) is 46.9 Å². The van der Waals surface area contributed by atoms with Crippen molar-refractivity contribution >= 4 is 33.4 Å². The Kier molecular flexibility index (Phi) is 7.80. The fraction of sp³-hybridized carbons (Fsp3) is 0.440. The summed E-state index contributed by atoms with van der Waals surface area (Å²) in [5, 5.41) is 4.24. The Morgan fingerprint density at radius 2 is 1.67 bits per heavy atom. The summed E-state index contributed by atoms with van der Waals surface area (Å²) in [7, 11) is -4.50. The fourth-order valence-corrected chi connectivity index (χ4v) is 5.53. The molecule has 2 aromatic carbocycles. The van der Waals surface area contributed by atoms with Crippen molar-refractivity contribution in [1.29, 1.82) is 0 Å². The Labute approximate surface area is 235 Å². The zero-order valence-corrected chi connectivity index (χ0v) is 22.7. The molecule has 0 aromatic heterocycles. The van der Waals surface area contributed by atoms with Crippen LogP contribution in [0.15, 0.2) is 47.4 Å². The first-order valence-corrected chi connectivity index (χ1v) is 13.7. The topological polar surface area (TPSA) is 114 Å². The minimum absolute atomic E-state index is 0.141. The van der Waals surface area contributed by atoms with Gasteiger partial charge in [0.25, 0.3) is 10.0 Å². The van der Waals surface area contributed by atoms with Crippen molar-refractivity contribution < 1.29 is 58.2 Å². The highest BCUT2D eigenvalue weighted by Gasteiger charge is 2.68. The van der Waals surface area contributed by atoms with Crippen LogP contribution in [0, 0.1) is 11.2 Å². The number of nitrogens with zero attached hydrogens (tertiary/aromatic N) is 1. The summed E-state index contributed by atoms with van der Waals surface area (Å²) in [5.74, 6) is -2.16. The monoisotopic (exact) mass is 627 g/mol. The minimum Gasteiger partial charge on any atom is -0.484 e. The summed E-state index contributed by atoms with van der Waals surface area (Å²) in [6.07, 6.45) is -13.1. The van der Waals surface area contributed by atoms with Gasteiger partial charge in [0.1, 0.15) is 23.1 Å². The van der Waals surface area contributed by atoms with Crippen LogP contribution in [0.3, 0.4) is 0 Å². The average molecular weight is 628 g/mol. The molecule has 230 valence electrons. The molecule has 1 aliphatic heterocycles. The quantitative estimate of drug-likeness (QED) is 0.412. The van der Waals surface area contributed by atoms with Crippen LogP contribution in [0.5, 0.6) is 5.75 Å². The molecule has 0 radical (unpaired) electrons. The number of carbonyl (C=O) groups excluding carboxylic acids is 2. The number of halogens is 7. The number of amides is 2. The molecule has 0 bridgehead atoms. The van der Waals surface area contributed by atoms with Crippen molar-refractivity contribution in [3.05, 3.63) is 48.3 Å². The first-order chi connectivity index (χ1) is 19.3. The Bertz CT molecular complexity index is 1470. The highest BCUT2D eigenvalue weighted by Crippen LogP contribution is 2.57. The average Bonchev–Trinajstić information content (AvgIpc) is 3.69. The highest BCUT2D eigenvalue weighted by atomic mass is 32.2. The molecule has 2 aliphatic rings. The number of fused-ring (bicyclic) bond motifs is 1. The smallest absolute Gasteiger partial charge is 0.427 e. The van der Waals surface area contributed by atoms with E-state index >= 15 is 0 Å². The standard InChI is InChI=1S/C25H24F7N3O6S/c1-22(2,24(27,28)29)41-21(37)34-15-5-8-19-18(11-15)35(42(38,39)17-6-3-14(26)4-7-17)13-16(40-19)12-33-20(36)23(9-10-23)25(30,31)32/h3-8,11,16H,9-10,12-13H2,1-2H3,(H,33,36)(H,34,37)/t16-/m0/s1. The minimum atomic E-state index is -4.89. The number of ether oxygens (including phenoxy) is 2. The lowest BCUT2D eigenvalue weighted by Gasteiger charge is -2.36. The molecule has 2 N–H and O–H groups in total. The van der Waals surface area contributed by atoms with Gasteiger partial charge < -0.3 is 14.8 Å². The van der Waals surface area contributed by atoms with Crippen molar-refractivity contribution in [1.82, 2.24) is 5.32 Å². The zero-order valence-electron chi connectivity index (χ0n) is 21.9. The van der Waals surface area contributed by atoms with E-state index in [2.05, 4.69) is 15.4 Å². The lowest BCUT2D eigenvalue weighted by molar-refractivity contribution is -0.242. The maximum atomic E-state index is 13.6. The number of alkyl halides is 6. The largest absolute Gasteiger partial charge is 0.484 e. The van der Waals surface area contributed by atoms with E-state index in [1.54, 1.807) is 0 Å². The van der Waals surface area contributed by atoms with E-state index in [1.165, 1.54) is 6.07 Å². The van der Waals surface area contributed by atoms with Crippen LogP contribution in [0.25, 0.3) is 0 Å². The highest BCUT2D eigenvalue weighted by molar-refractivity contribution is 7.92. The number of anilines is 2. The van der Waals surface area contributed by atoms with E-state index in [1.807, 2.05) is 0 Å². The predicted octanol–water partition coefficient (Wildman–Crippen LogP) is 5.13. The molecule has 1 saturated carbocycles.